The van der Waals surface area contributed by atoms with Gasteiger partial charge in [-0.1, -0.05) is 35.3 Å². The number of rotatable bonds is 1. The van der Waals surface area contributed by atoms with E-state index in [4.69, 9.17) is 23.2 Å². The lowest BCUT2D eigenvalue weighted by atomic mass is 10.0. The van der Waals surface area contributed by atoms with Gasteiger partial charge in [-0.05, 0) is 41.8 Å². The molecule has 0 saturated heterocycles. The van der Waals surface area contributed by atoms with Gasteiger partial charge in [0.05, 0.1) is 0 Å². The third kappa shape index (κ3) is 2.01. The third-order valence-corrected chi connectivity index (χ3v) is 3.62. The molecule has 1 heterocycles. The molecule has 1 aliphatic rings. The molecule has 1 aliphatic heterocycles. The molecule has 2 aromatic carbocycles. The maximum atomic E-state index is 6.20. The Labute approximate surface area is 110 Å². The van der Waals surface area contributed by atoms with Gasteiger partial charge in [-0.2, -0.15) is 0 Å². The summed E-state index contributed by atoms with van der Waals surface area (Å²) in [6.45, 7) is 1.02. The molecule has 0 spiro atoms. The van der Waals surface area contributed by atoms with Gasteiger partial charge in [-0.3, -0.25) is 0 Å². The number of halogens is 2. The van der Waals surface area contributed by atoms with Crippen LogP contribution in [0.5, 0.6) is 0 Å². The van der Waals surface area contributed by atoms with Gasteiger partial charge in [0, 0.05) is 27.8 Å². The van der Waals surface area contributed by atoms with E-state index in [1.54, 1.807) is 6.07 Å². The first-order valence-corrected chi connectivity index (χ1v) is 6.32. The summed E-state index contributed by atoms with van der Waals surface area (Å²) in [5.74, 6) is 0. The van der Waals surface area contributed by atoms with Crippen molar-refractivity contribution in [1.82, 2.24) is 0 Å². The average Bonchev–Trinajstić information content (AvgIpc) is 2.79. The first kappa shape index (κ1) is 10.9. The minimum absolute atomic E-state index is 0.706. The van der Waals surface area contributed by atoms with E-state index < -0.39 is 0 Å². The fraction of sp³-hybridized carbons (Fsp3) is 0.143. The lowest BCUT2D eigenvalue weighted by Crippen LogP contribution is -1.91. The minimum atomic E-state index is 0.706. The Bertz CT molecular complexity index is 578. The number of benzene rings is 2. The van der Waals surface area contributed by atoms with Crippen LogP contribution in [0.15, 0.2) is 36.4 Å². The van der Waals surface area contributed by atoms with E-state index in [2.05, 4.69) is 23.5 Å². The molecular weight excluding hydrogens is 253 g/mol. The second-order valence-electron chi connectivity index (χ2n) is 4.17. The van der Waals surface area contributed by atoms with Crippen LogP contribution in [0.1, 0.15) is 5.56 Å². The Morgan fingerprint density at radius 1 is 1.00 bits per heavy atom. The zero-order chi connectivity index (χ0) is 11.8. The Kier molecular flexibility index (Phi) is 2.73. The summed E-state index contributed by atoms with van der Waals surface area (Å²) in [7, 11) is 0. The largest absolute Gasteiger partial charge is 0.384 e. The summed E-state index contributed by atoms with van der Waals surface area (Å²) in [5, 5.41) is 4.80. The van der Waals surface area contributed by atoms with Crippen LogP contribution >= 0.6 is 23.2 Å². The maximum absolute atomic E-state index is 6.20. The molecule has 0 saturated carbocycles. The summed E-state index contributed by atoms with van der Waals surface area (Å²) in [6, 6.07) is 11.9. The van der Waals surface area contributed by atoms with Crippen LogP contribution in [0.25, 0.3) is 11.1 Å². The molecule has 0 radical (unpaired) electrons. The number of anilines is 1. The van der Waals surface area contributed by atoms with Crippen molar-refractivity contribution in [2.75, 3.05) is 11.9 Å². The molecule has 17 heavy (non-hydrogen) atoms. The van der Waals surface area contributed by atoms with Gasteiger partial charge >= 0.3 is 0 Å². The topological polar surface area (TPSA) is 12.0 Å². The zero-order valence-electron chi connectivity index (χ0n) is 9.13. The van der Waals surface area contributed by atoms with E-state index in [0.717, 1.165) is 29.1 Å². The van der Waals surface area contributed by atoms with Crippen molar-refractivity contribution in [3.8, 4) is 11.1 Å². The minimum Gasteiger partial charge on any atom is -0.384 e. The van der Waals surface area contributed by atoms with Gasteiger partial charge < -0.3 is 5.32 Å². The molecule has 0 unspecified atom stereocenters. The molecule has 1 nitrogen and oxygen atoms in total. The Morgan fingerprint density at radius 2 is 1.88 bits per heavy atom. The van der Waals surface area contributed by atoms with E-state index in [1.807, 2.05) is 12.1 Å². The normalized spacial score (nSPS) is 13.3. The molecule has 86 valence electrons. The quantitative estimate of drug-likeness (QED) is 0.791. The molecule has 1 N–H and O–H groups in total. The molecule has 0 aliphatic carbocycles. The maximum Gasteiger partial charge on any atom is 0.0485 e. The number of nitrogens with one attached hydrogen (secondary N) is 1. The molecule has 0 aromatic heterocycles. The van der Waals surface area contributed by atoms with E-state index in [-0.39, 0.29) is 0 Å². The SMILES string of the molecule is Clc1ccc(Cl)c(-c2ccc3c(c2)NCC3)c1. The van der Waals surface area contributed by atoms with Gasteiger partial charge in [0.25, 0.3) is 0 Å². The molecule has 0 amide bonds. The summed E-state index contributed by atoms with van der Waals surface area (Å²) >= 11 is 12.2. The molecule has 3 rings (SSSR count). The first-order valence-electron chi connectivity index (χ1n) is 5.56. The lowest BCUT2D eigenvalue weighted by molar-refractivity contribution is 1.11. The highest BCUT2D eigenvalue weighted by molar-refractivity contribution is 6.35. The fourth-order valence-electron chi connectivity index (χ4n) is 2.18. The third-order valence-electron chi connectivity index (χ3n) is 3.06. The van der Waals surface area contributed by atoms with Crippen LogP contribution in [0.2, 0.25) is 10.0 Å². The van der Waals surface area contributed by atoms with E-state index in [1.165, 1.54) is 11.3 Å². The van der Waals surface area contributed by atoms with Gasteiger partial charge in [0.15, 0.2) is 0 Å². The zero-order valence-corrected chi connectivity index (χ0v) is 10.6. The van der Waals surface area contributed by atoms with Crippen LogP contribution in [-0.4, -0.2) is 6.54 Å². The molecule has 3 heteroatoms. The van der Waals surface area contributed by atoms with Crippen molar-refractivity contribution in [3.05, 3.63) is 52.0 Å². The predicted octanol–water partition coefficient (Wildman–Crippen LogP) is 4.63. The predicted molar refractivity (Wildman–Crippen MR) is 74.1 cm³/mol. The molecular formula is C14H11Cl2N. The Morgan fingerprint density at radius 3 is 2.76 bits per heavy atom. The molecule has 0 atom stereocenters. The second kappa shape index (κ2) is 4.25. The van der Waals surface area contributed by atoms with Gasteiger partial charge in [-0.15, -0.1) is 0 Å². The summed E-state index contributed by atoms with van der Waals surface area (Å²) in [5.41, 5.74) is 4.66. The molecule has 0 bridgehead atoms. The van der Waals surface area contributed by atoms with E-state index >= 15 is 0 Å². The highest BCUT2D eigenvalue weighted by Crippen LogP contribution is 2.34. The Hall–Kier alpha value is -1.18. The highest BCUT2D eigenvalue weighted by Gasteiger charge is 2.12. The van der Waals surface area contributed by atoms with Gasteiger partial charge in [-0.25, -0.2) is 0 Å². The lowest BCUT2D eigenvalue weighted by Gasteiger charge is -2.07. The summed E-state index contributed by atoms with van der Waals surface area (Å²) < 4.78 is 0. The standard InChI is InChI=1S/C14H11Cl2N/c15-11-3-4-13(16)12(8-11)10-2-1-9-5-6-17-14(9)7-10/h1-4,7-8,17H,5-6H2. The highest BCUT2D eigenvalue weighted by atomic mass is 35.5. The van der Waals surface area contributed by atoms with Crippen LogP contribution < -0.4 is 5.32 Å². The van der Waals surface area contributed by atoms with Crippen LogP contribution in [0, 0.1) is 0 Å². The van der Waals surface area contributed by atoms with Gasteiger partial charge in [0.1, 0.15) is 0 Å². The second-order valence-corrected chi connectivity index (χ2v) is 5.02. The average molecular weight is 264 g/mol. The number of fused-ring (bicyclic) bond motifs is 1. The van der Waals surface area contributed by atoms with Gasteiger partial charge in [0.2, 0.25) is 0 Å². The number of hydrogen-bond donors (Lipinski definition) is 1. The van der Waals surface area contributed by atoms with Crippen molar-refractivity contribution < 1.29 is 0 Å². The van der Waals surface area contributed by atoms with Crippen molar-refractivity contribution in [3.63, 3.8) is 0 Å². The molecule has 0 fully saturated rings. The molecule has 2 aromatic rings. The van der Waals surface area contributed by atoms with Crippen molar-refractivity contribution in [2.24, 2.45) is 0 Å². The van der Waals surface area contributed by atoms with E-state index in [0.29, 0.717) is 5.02 Å². The van der Waals surface area contributed by atoms with Crippen molar-refractivity contribution in [1.29, 1.82) is 0 Å². The first-order chi connectivity index (χ1) is 8.24. The summed E-state index contributed by atoms with van der Waals surface area (Å²) in [4.78, 5) is 0. The van der Waals surface area contributed by atoms with Crippen molar-refractivity contribution >= 4 is 28.9 Å². The van der Waals surface area contributed by atoms with Crippen LogP contribution in [-0.2, 0) is 6.42 Å². The summed E-state index contributed by atoms with van der Waals surface area (Å²) in [6.07, 6.45) is 1.10. The number of hydrogen-bond acceptors (Lipinski definition) is 1. The monoisotopic (exact) mass is 263 g/mol. The van der Waals surface area contributed by atoms with Crippen LogP contribution in [0.4, 0.5) is 5.69 Å². The Balaban J connectivity index is 2.12. The fourth-order valence-corrected chi connectivity index (χ4v) is 2.58. The van der Waals surface area contributed by atoms with E-state index in [9.17, 15) is 0 Å². The smallest absolute Gasteiger partial charge is 0.0485 e. The van der Waals surface area contributed by atoms with Crippen molar-refractivity contribution in [2.45, 2.75) is 6.42 Å². The van der Waals surface area contributed by atoms with Crippen LogP contribution in [0.3, 0.4) is 0 Å².